The molecule has 0 aliphatic carbocycles. The number of ketones is 1. The van der Waals surface area contributed by atoms with Gasteiger partial charge in [0.1, 0.15) is 5.82 Å². The molecule has 0 spiro atoms. The summed E-state index contributed by atoms with van der Waals surface area (Å²) in [6.45, 7) is 0.708. The highest BCUT2D eigenvalue weighted by atomic mass is 79.9. The summed E-state index contributed by atoms with van der Waals surface area (Å²) in [7, 11) is 0. The predicted octanol–water partition coefficient (Wildman–Crippen LogP) is 3.59. The molecule has 7 heteroatoms. The summed E-state index contributed by atoms with van der Waals surface area (Å²) in [5.41, 5.74) is 0.299. The Morgan fingerprint density at radius 1 is 1.17 bits per heavy atom. The van der Waals surface area contributed by atoms with E-state index >= 15 is 0 Å². The molecule has 0 radical (unpaired) electrons. The number of anilines is 1. The van der Waals surface area contributed by atoms with E-state index in [9.17, 15) is 18.8 Å². The van der Waals surface area contributed by atoms with Gasteiger partial charge in [-0.3, -0.25) is 9.59 Å². The molecule has 0 atom stereocenters. The van der Waals surface area contributed by atoms with E-state index < -0.39 is 24.2 Å². The van der Waals surface area contributed by atoms with Gasteiger partial charge in [-0.1, -0.05) is 22.0 Å². The van der Waals surface area contributed by atoms with Crippen molar-refractivity contribution in [1.29, 1.82) is 0 Å². The molecular weight excluding hydrogens is 381 g/mol. The molecular formula is C17H13BrFNO4. The van der Waals surface area contributed by atoms with Crippen LogP contribution >= 0.6 is 15.9 Å². The fourth-order valence-electron chi connectivity index (χ4n) is 1.93. The SMILES string of the molecule is CC(=O)Nc1ccc(C(=O)COC(=O)c2cccc(Br)c2)c(F)c1. The van der Waals surface area contributed by atoms with Gasteiger partial charge >= 0.3 is 5.97 Å². The van der Waals surface area contributed by atoms with Crippen LogP contribution in [-0.4, -0.2) is 24.3 Å². The van der Waals surface area contributed by atoms with E-state index in [1.807, 2.05) is 0 Å². The molecule has 0 unspecified atom stereocenters. The molecule has 124 valence electrons. The standard InChI is InChI=1S/C17H13BrFNO4/c1-10(21)20-13-5-6-14(15(19)8-13)16(22)9-24-17(23)11-3-2-4-12(18)7-11/h2-8H,9H2,1H3,(H,20,21). The fourth-order valence-corrected chi connectivity index (χ4v) is 2.33. The zero-order valence-corrected chi connectivity index (χ0v) is 14.2. The number of amides is 1. The van der Waals surface area contributed by atoms with Crippen LogP contribution in [-0.2, 0) is 9.53 Å². The Labute approximate surface area is 145 Å². The second-order valence-electron chi connectivity index (χ2n) is 4.89. The van der Waals surface area contributed by atoms with Gasteiger partial charge in [-0.2, -0.15) is 0 Å². The lowest BCUT2D eigenvalue weighted by molar-refractivity contribution is -0.114. The third-order valence-electron chi connectivity index (χ3n) is 2.98. The third-order valence-corrected chi connectivity index (χ3v) is 3.48. The number of hydrogen-bond donors (Lipinski definition) is 1. The lowest BCUT2D eigenvalue weighted by Gasteiger charge is -2.07. The number of hydrogen-bond acceptors (Lipinski definition) is 4. The molecule has 0 heterocycles. The molecule has 2 aromatic carbocycles. The second-order valence-corrected chi connectivity index (χ2v) is 5.80. The number of carbonyl (C=O) groups is 3. The van der Waals surface area contributed by atoms with Crippen molar-refractivity contribution in [1.82, 2.24) is 0 Å². The fraction of sp³-hybridized carbons (Fsp3) is 0.118. The van der Waals surface area contributed by atoms with Gasteiger partial charge in [0, 0.05) is 17.1 Å². The summed E-state index contributed by atoms with van der Waals surface area (Å²) in [6.07, 6.45) is 0. The van der Waals surface area contributed by atoms with Gasteiger partial charge in [0.2, 0.25) is 11.7 Å². The Morgan fingerprint density at radius 3 is 2.54 bits per heavy atom. The van der Waals surface area contributed by atoms with Crippen LogP contribution in [0.15, 0.2) is 46.9 Å². The molecule has 1 amide bonds. The van der Waals surface area contributed by atoms with Crippen LogP contribution in [0, 0.1) is 5.82 Å². The summed E-state index contributed by atoms with van der Waals surface area (Å²) in [5, 5.41) is 2.41. The minimum Gasteiger partial charge on any atom is -0.454 e. The predicted molar refractivity (Wildman–Crippen MR) is 89.5 cm³/mol. The van der Waals surface area contributed by atoms with Crippen LogP contribution in [0.2, 0.25) is 0 Å². The first kappa shape index (κ1) is 17.8. The van der Waals surface area contributed by atoms with Crippen LogP contribution in [0.1, 0.15) is 27.6 Å². The number of nitrogens with one attached hydrogen (secondary N) is 1. The van der Waals surface area contributed by atoms with Crippen LogP contribution < -0.4 is 5.32 Å². The molecule has 0 saturated heterocycles. The first-order valence-corrected chi connectivity index (χ1v) is 7.69. The number of ether oxygens (including phenoxy) is 1. The number of esters is 1. The molecule has 0 bridgehead atoms. The smallest absolute Gasteiger partial charge is 0.338 e. The van der Waals surface area contributed by atoms with Crippen molar-refractivity contribution in [2.24, 2.45) is 0 Å². The van der Waals surface area contributed by atoms with Crippen molar-refractivity contribution < 1.29 is 23.5 Å². The van der Waals surface area contributed by atoms with Crippen molar-refractivity contribution in [2.45, 2.75) is 6.92 Å². The van der Waals surface area contributed by atoms with Crippen LogP contribution in [0.4, 0.5) is 10.1 Å². The van der Waals surface area contributed by atoms with Crippen molar-refractivity contribution in [3.63, 3.8) is 0 Å². The summed E-state index contributed by atoms with van der Waals surface area (Å²) in [6, 6.07) is 10.2. The van der Waals surface area contributed by atoms with Crippen molar-refractivity contribution >= 4 is 39.3 Å². The molecule has 2 aromatic rings. The number of halogens is 2. The average molecular weight is 394 g/mol. The number of carbonyl (C=O) groups excluding carboxylic acids is 3. The molecule has 5 nitrogen and oxygen atoms in total. The second kappa shape index (κ2) is 7.83. The first-order chi connectivity index (χ1) is 11.4. The summed E-state index contributed by atoms with van der Waals surface area (Å²) in [4.78, 5) is 34.8. The molecule has 0 saturated carbocycles. The van der Waals surface area contributed by atoms with E-state index in [2.05, 4.69) is 21.2 Å². The highest BCUT2D eigenvalue weighted by molar-refractivity contribution is 9.10. The topological polar surface area (TPSA) is 72.5 Å². The van der Waals surface area contributed by atoms with E-state index in [1.54, 1.807) is 24.3 Å². The first-order valence-electron chi connectivity index (χ1n) is 6.90. The van der Waals surface area contributed by atoms with Crippen molar-refractivity contribution in [2.75, 3.05) is 11.9 Å². The zero-order chi connectivity index (χ0) is 17.7. The maximum atomic E-state index is 13.9. The van der Waals surface area contributed by atoms with Gasteiger partial charge < -0.3 is 10.1 Å². The molecule has 0 aromatic heterocycles. The highest BCUT2D eigenvalue weighted by Gasteiger charge is 2.16. The van der Waals surface area contributed by atoms with Crippen LogP contribution in [0.3, 0.4) is 0 Å². The number of benzene rings is 2. The largest absolute Gasteiger partial charge is 0.454 e. The van der Waals surface area contributed by atoms with Gasteiger partial charge in [0.25, 0.3) is 0 Å². The Bertz CT molecular complexity index is 807. The van der Waals surface area contributed by atoms with E-state index in [1.165, 1.54) is 19.1 Å². The lowest BCUT2D eigenvalue weighted by Crippen LogP contribution is -2.16. The van der Waals surface area contributed by atoms with Crippen molar-refractivity contribution in [3.8, 4) is 0 Å². The third kappa shape index (κ3) is 4.73. The van der Waals surface area contributed by atoms with Gasteiger partial charge in [0.05, 0.1) is 11.1 Å². The monoisotopic (exact) mass is 393 g/mol. The Kier molecular flexibility index (Phi) is 5.81. The molecule has 0 aliphatic rings. The maximum absolute atomic E-state index is 13.9. The quantitative estimate of drug-likeness (QED) is 0.622. The molecule has 24 heavy (non-hydrogen) atoms. The lowest BCUT2D eigenvalue weighted by atomic mass is 10.1. The highest BCUT2D eigenvalue weighted by Crippen LogP contribution is 2.16. The molecule has 0 fully saturated rings. The number of Topliss-reactive ketones (excluding diaryl/α,β-unsaturated/α-hetero) is 1. The molecule has 2 rings (SSSR count). The molecule has 0 aliphatic heterocycles. The summed E-state index contributed by atoms with van der Waals surface area (Å²) < 4.78 is 19.5. The van der Waals surface area contributed by atoms with Crippen LogP contribution in [0.25, 0.3) is 0 Å². The van der Waals surface area contributed by atoms with Gasteiger partial charge in [-0.25, -0.2) is 9.18 Å². The Hall–Kier alpha value is -2.54. The van der Waals surface area contributed by atoms with Crippen molar-refractivity contribution in [3.05, 3.63) is 63.9 Å². The average Bonchev–Trinajstić information content (AvgIpc) is 2.51. The van der Waals surface area contributed by atoms with E-state index in [0.717, 1.165) is 6.07 Å². The normalized spacial score (nSPS) is 10.1. The summed E-state index contributed by atoms with van der Waals surface area (Å²) >= 11 is 3.23. The zero-order valence-electron chi connectivity index (χ0n) is 12.6. The van der Waals surface area contributed by atoms with Crippen LogP contribution in [0.5, 0.6) is 0 Å². The van der Waals surface area contributed by atoms with E-state index in [0.29, 0.717) is 4.47 Å². The minimum atomic E-state index is -0.801. The van der Waals surface area contributed by atoms with E-state index in [4.69, 9.17) is 4.74 Å². The van der Waals surface area contributed by atoms with E-state index in [-0.39, 0.29) is 22.7 Å². The summed E-state index contributed by atoms with van der Waals surface area (Å²) in [5.74, 6) is -2.51. The van der Waals surface area contributed by atoms with Gasteiger partial charge in [-0.15, -0.1) is 0 Å². The minimum absolute atomic E-state index is 0.217. The maximum Gasteiger partial charge on any atom is 0.338 e. The van der Waals surface area contributed by atoms with Gasteiger partial charge in [-0.05, 0) is 36.4 Å². The van der Waals surface area contributed by atoms with Gasteiger partial charge in [0.15, 0.2) is 6.61 Å². The Balaban J connectivity index is 2.02. The number of rotatable bonds is 5. The molecule has 1 N–H and O–H groups in total. The Morgan fingerprint density at radius 2 is 1.92 bits per heavy atom.